The highest BCUT2D eigenvalue weighted by Gasteiger charge is 2.23. The first kappa shape index (κ1) is 11.0. The molecule has 1 aliphatic heterocycles. The van der Waals surface area contributed by atoms with Crippen LogP contribution in [-0.2, 0) is 17.6 Å². The van der Waals surface area contributed by atoms with Gasteiger partial charge < -0.3 is 5.32 Å². The topological polar surface area (TPSA) is 29.1 Å². The van der Waals surface area contributed by atoms with Crippen LogP contribution in [0.25, 0.3) is 6.08 Å². The zero-order valence-electron chi connectivity index (χ0n) is 9.16. The number of thiocarbonyl (C=S) groups is 1. The second kappa shape index (κ2) is 4.27. The first-order valence-electron chi connectivity index (χ1n) is 5.59. The molecule has 0 unspecified atom stereocenters. The Balaban J connectivity index is 2.01. The highest BCUT2D eigenvalue weighted by Crippen LogP contribution is 2.30. The quantitative estimate of drug-likeness (QED) is 0.622. The minimum Gasteiger partial charge on any atom is -0.307 e. The Hall–Kier alpha value is -1.13. The van der Waals surface area contributed by atoms with Crippen molar-refractivity contribution in [3.8, 4) is 0 Å². The van der Waals surface area contributed by atoms with E-state index in [2.05, 4.69) is 23.5 Å². The van der Waals surface area contributed by atoms with Crippen molar-refractivity contribution in [1.29, 1.82) is 0 Å². The van der Waals surface area contributed by atoms with Crippen molar-refractivity contribution in [2.75, 3.05) is 0 Å². The smallest absolute Gasteiger partial charge is 0.263 e. The lowest BCUT2D eigenvalue weighted by molar-refractivity contribution is -0.115. The molecule has 3 rings (SSSR count). The first-order valence-corrected chi connectivity index (χ1v) is 6.82. The molecule has 0 aromatic heterocycles. The van der Waals surface area contributed by atoms with Crippen LogP contribution < -0.4 is 5.32 Å². The third-order valence-electron chi connectivity index (χ3n) is 3.11. The molecular weight excluding hydrogens is 250 g/mol. The fourth-order valence-electron chi connectivity index (χ4n) is 2.35. The molecule has 1 aromatic carbocycles. The molecule has 1 aliphatic carbocycles. The summed E-state index contributed by atoms with van der Waals surface area (Å²) in [5, 5.41) is 2.64. The van der Waals surface area contributed by atoms with Gasteiger partial charge in [0.05, 0.1) is 4.91 Å². The van der Waals surface area contributed by atoms with E-state index in [1.54, 1.807) is 0 Å². The van der Waals surface area contributed by atoms with Crippen molar-refractivity contribution >= 4 is 40.3 Å². The van der Waals surface area contributed by atoms with E-state index in [-0.39, 0.29) is 5.91 Å². The molecule has 17 heavy (non-hydrogen) atoms. The van der Waals surface area contributed by atoms with Gasteiger partial charge in [0.1, 0.15) is 4.32 Å². The summed E-state index contributed by atoms with van der Waals surface area (Å²) < 4.78 is 0.550. The highest BCUT2D eigenvalue weighted by atomic mass is 32.2. The van der Waals surface area contributed by atoms with Crippen molar-refractivity contribution in [2.45, 2.75) is 19.3 Å². The lowest BCUT2D eigenvalue weighted by Gasteiger charge is -2.04. The van der Waals surface area contributed by atoms with Crippen molar-refractivity contribution in [1.82, 2.24) is 5.32 Å². The van der Waals surface area contributed by atoms with Gasteiger partial charge in [-0.2, -0.15) is 0 Å². The monoisotopic (exact) mass is 261 g/mol. The summed E-state index contributed by atoms with van der Waals surface area (Å²) in [4.78, 5) is 12.3. The van der Waals surface area contributed by atoms with E-state index >= 15 is 0 Å². The number of benzene rings is 1. The van der Waals surface area contributed by atoms with E-state index in [0.29, 0.717) is 9.23 Å². The summed E-state index contributed by atoms with van der Waals surface area (Å²) in [6, 6.07) is 6.32. The number of amides is 1. The van der Waals surface area contributed by atoms with Crippen LogP contribution in [-0.4, -0.2) is 10.2 Å². The molecular formula is C13H11NOS2. The molecule has 86 valence electrons. The molecule has 2 nitrogen and oxygen atoms in total. The van der Waals surface area contributed by atoms with E-state index < -0.39 is 0 Å². The lowest BCUT2D eigenvalue weighted by atomic mass is 10.0. The summed E-state index contributed by atoms with van der Waals surface area (Å²) in [6.07, 6.45) is 5.45. The van der Waals surface area contributed by atoms with Gasteiger partial charge in [0.2, 0.25) is 0 Å². The van der Waals surface area contributed by atoms with Crippen LogP contribution in [0.5, 0.6) is 0 Å². The number of fused-ring (bicyclic) bond motifs is 1. The molecule has 4 heteroatoms. The average Bonchev–Trinajstić information content (AvgIpc) is 2.87. The first-order chi connectivity index (χ1) is 8.24. The van der Waals surface area contributed by atoms with Gasteiger partial charge >= 0.3 is 0 Å². The lowest BCUT2D eigenvalue weighted by Crippen LogP contribution is -2.17. The van der Waals surface area contributed by atoms with E-state index in [4.69, 9.17) is 12.2 Å². The Labute approximate surface area is 109 Å². The number of hydrogen-bond acceptors (Lipinski definition) is 3. The Kier molecular flexibility index (Phi) is 2.76. The Morgan fingerprint density at radius 3 is 3.00 bits per heavy atom. The molecule has 0 radical (unpaired) electrons. The average molecular weight is 261 g/mol. The molecule has 0 saturated carbocycles. The molecule has 1 aromatic rings. The van der Waals surface area contributed by atoms with Crippen LogP contribution in [0, 0.1) is 0 Å². The molecule has 0 bridgehead atoms. The summed E-state index contributed by atoms with van der Waals surface area (Å²) in [5.41, 5.74) is 3.99. The maximum Gasteiger partial charge on any atom is 0.263 e. The number of rotatable bonds is 1. The van der Waals surface area contributed by atoms with E-state index in [0.717, 1.165) is 12.8 Å². The molecule has 1 amide bonds. The Morgan fingerprint density at radius 2 is 2.24 bits per heavy atom. The van der Waals surface area contributed by atoms with E-state index in [1.807, 2.05) is 6.08 Å². The minimum atomic E-state index is -0.0735. The molecule has 2 aliphatic rings. The minimum absolute atomic E-state index is 0.0735. The summed E-state index contributed by atoms with van der Waals surface area (Å²) in [7, 11) is 0. The predicted octanol–water partition coefficient (Wildman–Crippen LogP) is 2.66. The van der Waals surface area contributed by atoms with Gasteiger partial charge in [0.15, 0.2) is 0 Å². The van der Waals surface area contributed by atoms with Crippen LogP contribution in [0.2, 0.25) is 0 Å². The second-order valence-corrected chi connectivity index (χ2v) is 5.91. The molecule has 0 spiro atoms. The maximum absolute atomic E-state index is 11.6. The van der Waals surface area contributed by atoms with E-state index in [9.17, 15) is 4.79 Å². The van der Waals surface area contributed by atoms with Crippen LogP contribution in [0.1, 0.15) is 23.1 Å². The molecule has 0 atom stereocenters. The summed E-state index contributed by atoms with van der Waals surface area (Å²) in [5.74, 6) is -0.0735. The van der Waals surface area contributed by atoms with Crippen molar-refractivity contribution < 1.29 is 4.79 Å². The van der Waals surface area contributed by atoms with Gasteiger partial charge in [-0.05, 0) is 42.0 Å². The summed E-state index contributed by atoms with van der Waals surface area (Å²) in [6.45, 7) is 0. The van der Waals surface area contributed by atoms with Crippen LogP contribution in [0.3, 0.4) is 0 Å². The molecule has 1 saturated heterocycles. The van der Waals surface area contributed by atoms with Gasteiger partial charge in [-0.25, -0.2) is 0 Å². The van der Waals surface area contributed by atoms with Crippen LogP contribution in [0.4, 0.5) is 0 Å². The third-order valence-corrected chi connectivity index (χ3v) is 4.27. The standard InChI is InChI=1S/C13H11NOS2/c15-12-11(17-13(16)14-12)7-9-5-1-3-8-4-2-6-10(8)9/h1,3,5,7H,2,4,6H2,(H,14,15,16). The summed E-state index contributed by atoms with van der Waals surface area (Å²) >= 11 is 6.32. The van der Waals surface area contributed by atoms with Gasteiger partial charge in [-0.1, -0.05) is 42.2 Å². The number of hydrogen-bond donors (Lipinski definition) is 1. The van der Waals surface area contributed by atoms with Crippen LogP contribution in [0.15, 0.2) is 23.1 Å². The van der Waals surface area contributed by atoms with Gasteiger partial charge in [0.25, 0.3) is 5.91 Å². The van der Waals surface area contributed by atoms with Gasteiger partial charge in [0, 0.05) is 0 Å². The fourth-order valence-corrected chi connectivity index (χ4v) is 3.38. The highest BCUT2D eigenvalue weighted by molar-refractivity contribution is 8.26. The SMILES string of the molecule is O=C1NC(=S)SC1=Cc1cccc2c1CCC2. The molecule has 1 N–H and O–H groups in total. The van der Waals surface area contributed by atoms with Crippen LogP contribution >= 0.6 is 24.0 Å². The Bertz CT molecular complexity index is 548. The van der Waals surface area contributed by atoms with Crippen molar-refractivity contribution in [2.24, 2.45) is 0 Å². The number of carbonyl (C=O) groups excluding carboxylic acids is 1. The zero-order valence-corrected chi connectivity index (χ0v) is 10.8. The van der Waals surface area contributed by atoms with Gasteiger partial charge in [-0.15, -0.1) is 0 Å². The van der Waals surface area contributed by atoms with Crippen molar-refractivity contribution in [3.05, 3.63) is 39.8 Å². The van der Waals surface area contributed by atoms with Gasteiger partial charge in [-0.3, -0.25) is 4.79 Å². The number of nitrogens with one attached hydrogen (secondary N) is 1. The second-order valence-electron chi connectivity index (χ2n) is 4.19. The fraction of sp³-hybridized carbons (Fsp3) is 0.231. The number of carbonyl (C=O) groups is 1. The molecule has 1 heterocycles. The zero-order chi connectivity index (χ0) is 11.8. The molecule has 1 fully saturated rings. The normalized spacial score (nSPS) is 20.8. The van der Waals surface area contributed by atoms with E-state index in [1.165, 1.54) is 34.9 Å². The van der Waals surface area contributed by atoms with Crippen molar-refractivity contribution in [3.63, 3.8) is 0 Å². The largest absolute Gasteiger partial charge is 0.307 e. The number of aryl methyl sites for hydroxylation is 1. The maximum atomic E-state index is 11.6. The predicted molar refractivity (Wildman–Crippen MR) is 74.8 cm³/mol. The third kappa shape index (κ3) is 2.03. The number of thioether (sulfide) groups is 1. The Morgan fingerprint density at radius 1 is 1.35 bits per heavy atom.